The number of carbonyl (C=O) groups is 1. The summed E-state index contributed by atoms with van der Waals surface area (Å²) in [4.78, 5) is 30.2. The number of benzene rings is 1. The number of imidazole rings is 1. The minimum absolute atomic E-state index is 0.178. The Kier molecular flexibility index (Phi) is 4.80. The molecular formula is C22H21N7O. The van der Waals surface area contributed by atoms with Crippen LogP contribution in [0.4, 0.5) is 5.95 Å². The number of amides is 1. The van der Waals surface area contributed by atoms with Crippen molar-refractivity contribution in [2.24, 2.45) is 0 Å². The van der Waals surface area contributed by atoms with Crippen molar-refractivity contribution in [3.63, 3.8) is 0 Å². The summed E-state index contributed by atoms with van der Waals surface area (Å²) >= 11 is 0. The second kappa shape index (κ2) is 7.90. The quantitative estimate of drug-likeness (QED) is 0.496. The first-order valence-corrected chi connectivity index (χ1v) is 10.0. The van der Waals surface area contributed by atoms with E-state index in [9.17, 15) is 4.79 Å². The van der Waals surface area contributed by atoms with Gasteiger partial charge >= 0.3 is 0 Å². The predicted octanol–water partition coefficient (Wildman–Crippen LogP) is 2.76. The van der Waals surface area contributed by atoms with Crippen LogP contribution in [0.5, 0.6) is 0 Å². The topological polar surface area (TPSA) is 97.6 Å². The molecule has 1 aliphatic carbocycles. The number of hydrogen-bond acceptors (Lipinski definition) is 6. The van der Waals surface area contributed by atoms with Crippen LogP contribution in [0.15, 0.2) is 61.2 Å². The lowest BCUT2D eigenvalue weighted by molar-refractivity contribution is 0.0946. The maximum Gasteiger partial charge on any atom is 0.270 e. The highest BCUT2D eigenvalue weighted by Gasteiger charge is 2.25. The van der Waals surface area contributed by atoms with E-state index in [-0.39, 0.29) is 11.9 Å². The molecule has 0 bridgehead atoms. The van der Waals surface area contributed by atoms with Gasteiger partial charge in [0.05, 0.1) is 11.0 Å². The van der Waals surface area contributed by atoms with Crippen LogP contribution in [0.2, 0.25) is 0 Å². The summed E-state index contributed by atoms with van der Waals surface area (Å²) in [7, 11) is 0. The Bertz CT molecular complexity index is 1180. The molecule has 0 spiro atoms. The van der Waals surface area contributed by atoms with Crippen molar-refractivity contribution in [1.82, 2.24) is 29.8 Å². The van der Waals surface area contributed by atoms with Gasteiger partial charge in [0, 0.05) is 31.0 Å². The molecule has 1 aliphatic rings. The second-order valence-corrected chi connectivity index (χ2v) is 7.32. The smallest absolute Gasteiger partial charge is 0.270 e. The number of rotatable bonds is 7. The van der Waals surface area contributed by atoms with Crippen molar-refractivity contribution in [3.05, 3.63) is 72.4 Å². The molecule has 2 N–H and O–H groups in total. The Balaban J connectivity index is 1.44. The number of para-hydroxylation sites is 2. The largest absolute Gasteiger partial charge is 0.354 e. The maximum atomic E-state index is 12.7. The lowest BCUT2D eigenvalue weighted by atomic mass is 10.2. The summed E-state index contributed by atoms with van der Waals surface area (Å²) < 4.78 is 1.87. The normalized spacial score (nSPS) is 13.3. The molecule has 0 radical (unpaired) electrons. The van der Waals surface area contributed by atoms with Gasteiger partial charge in [-0.2, -0.15) is 4.98 Å². The van der Waals surface area contributed by atoms with Crippen LogP contribution in [0, 0.1) is 0 Å². The third kappa shape index (κ3) is 3.98. The number of aromatic nitrogens is 5. The molecule has 5 rings (SSSR count). The number of carbonyl (C=O) groups excluding carboxylic acids is 1. The average Bonchev–Trinajstić information content (AvgIpc) is 3.49. The Labute approximate surface area is 173 Å². The molecule has 0 aliphatic heterocycles. The van der Waals surface area contributed by atoms with Crippen molar-refractivity contribution < 1.29 is 4.79 Å². The monoisotopic (exact) mass is 399 g/mol. The highest BCUT2D eigenvalue weighted by Crippen LogP contribution is 2.21. The zero-order valence-corrected chi connectivity index (χ0v) is 16.3. The molecule has 8 heteroatoms. The molecule has 8 nitrogen and oxygen atoms in total. The molecule has 1 fully saturated rings. The van der Waals surface area contributed by atoms with Gasteiger partial charge in [0.25, 0.3) is 5.91 Å². The van der Waals surface area contributed by atoms with Gasteiger partial charge in [0.15, 0.2) is 0 Å². The maximum absolute atomic E-state index is 12.7. The highest BCUT2D eigenvalue weighted by atomic mass is 16.2. The molecule has 1 aromatic carbocycles. The first-order chi connectivity index (χ1) is 14.8. The van der Waals surface area contributed by atoms with E-state index in [2.05, 4.69) is 30.6 Å². The fourth-order valence-corrected chi connectivity index (χ4v) is 3.25. The van der Waals surface area contributed by atoms with Crippen LogP contribution in [0.25, 0.3) is 16.9 Å². The Hall–Kier alpha value is -3.81. The Morgan fingerprint density at radius 2 is 1.93 bits per heavy atom. The van der Waals surface area contributed by atoms with Crippen LogP contribution in [0.1, 0.15) is 28.9 Å². The summed E-state index contributed by atoms with van der Waals surface area (Å²) in [6.45, 7) is 0.641. The number of hydrogen-bond donors (Lipinski definition) is 2. The van der Waals surface area contributed by atoms with Gasteiger partial charge in [-0.25, -0.2) is 9.97 Å². The van der Waals surface area contributed by atoms with Crippen LogP contribution < -0.4 is 10.6 Å². The van der Waals surface area contributed by atoms with E-state index in [1.54, 1.807) is 24.8 Å². The fraction of sp³-hybridized carbons (Fsp3) is 0.227. The molecule has 0 unspecified atom stereocenters. The second-order valence-electron chi connectivity index (χ2n) is 7.32. The van der Waals surface area contributed by atoms with Gasteiger partial charge in [0.2, 0.25) is 5.95 Å². The van der Waals surface area contributed by atoms with E-state index in [4.69, 9.17) is 0 Å². The van der Waals surface area contributed by atoms with Crippen molar-refractivity contribution in [2.75, 3.05) is 11.9 Å². The number of pyridine rings is 1. The molecule has 0 saturated heterocycles. The minimum atomic E-state index is -0.178. The summed E-state index contributed by atoms with van der Waals surface area (Å²) in [5.41, 5.74) is 3.30. The summed E-state index contributed by atoms with van der Waals surface area (Å²) in [6.07, 6.45) is 8.11. The van der Waals surface area contributed by atoms with Crippen LogP contribution in [-0.2, 0) is 6.42 Å². The van der Waals surface area contributed by atoms with E-state index in [0.29, 0.717) is 24.0 Å². The standard InChI is InChI=1S/C22H21N7O/c30-21(26-16-5-6-16)18-13-20(29-14-25-17-3-1-2-4-19(17)29)28-22(27-18)24-12-9-15-7-10-23-11-8-15/h1-4,7-8,10-11,13-14,16H,5-6,9,12H2,(H,26,30)(H,24,27,28). The molecular weight excluding hydrogens is 378 g/mol. The van der Waals surface area contributed by atoms with E-state index < -0.39 is 0 Å². The van der Waals surface area contributed by atoms with E-state index >= 15 is 0 Å². The molecule has 0 atom stereocenters. The molecule has 1 amide bonds. The predicted molar refractivity (Wildman–Crippen MR) is 114 cm³/mol. The molecule has 30 heavy (non-hydrogen) atoms. The van der Waals surface area contributed by atoms with E-state index in [1.165, 1.54) is 5.56 Å². The number of anilines is 1. The van der Waals surface area contributed by atoms with Gasteiger partial charge in [-0.05, 0) is 49.1 Å². The van der Waals surface area contributed by atoms with Gasteiger partial charge in [-0.15, -0.1) is 0 Å². The van der Waals surface area contributed by atoms with Crippen LogP contribution in [0.3, 0.4) is 0 Å². The Morgan fingerprint density at radius 3 is 2.77 bits per heavy atom. The fourth-order valence-electron chi connectivity index (χ4n) is 3.25. The van der Waals surface area contributed by atoms with Crippen molar-refractivity contribution in [1.29, 1.82) is 0 Å². The molecule has 3 heterocycles. The van der Waals surface area contributed by atoms with E-state index in [0.717, 1.165) is 30.3 Å². The SMILES string of the molecule is O=C(NC1CC1)c1cc(-n2cnc3ccccc32)nc(NCCc2ccncc2)n1. The van der Waals surface area contributed by atoms with E-state index in [1.807, 2.05) is 41.0 Å². The zero-order valence-electron chi connectivity index (χ0n) is 16.3. The highest BCUT2D eigenvalue weighted by molar-refractivity contribution is 5.93. The molecule has 4 aromatic rings. The summed E-state index contributed by atoms with van der Waals surface area (Å²) in [6, 6.07) is 13.7. The number of nitrogens with zero attached hydrogens (tertiary/aromatic N) is 5. The van der Waals surface area contributed by atoms with Gasteiger partial charge < -0.3 is 10.6 Å². The van der Waals surface area contributed by atoms with Gasteiger partial charge in [0.1, 0.15) is 17.8 Å². The Morgan fingerprint density at radius 1 is 1.10 bits per heavy atom. The zero-order chi connectivity index (χ0) is 20.3. The molecule has 1 saturated carbocycles. The third-order valence-electron chi connectivity index (χ3n) is 5.00. The first-order valence-electron chi connectivity index (χ1n) is 10.0. The van der Waals surface area contributed by atoms with Crippen molar-refractivity contribution >= 4 is 22.9 Å². The lowest BCUT2D eigenvalue weighted by Gasteiger charge is -2.11. The summed E-state index contributed by atoms with van der Waals surface area (Å²) in [5.74, 6) is 0.842. The average molecular weight is 399 g/mol. The molecule has 3 aromatic heterocycles. The van der Waals surface area contributed by atoms with Crippen LogP contribution in [-0.4, -0.2) is 43.0 Å². The number of nitrogens with one attached hydrogen (secondary N) is 2. The van der Waals surface area contributed by atoms with Crippen molar-refractivity contribution in [2.45, 2.75) is 25.3 Å². The first kappa shape index (κ1) is 18.2. The molecule has 150 valence electrons. The lowest BCUT2D eigenvalue weighted by Crippen LogP contribution is -2.27. The van der Waals surface area contributed by atoms with Crippen molar-refractivity contribution in [3.8, 4) is 5.82 Å². The number of fused-ring (bicyclic) bond motifs is 1. The van der Waals surface area contributed by atoms with Gasteiger partial charge in [-0.3, -0.25) is 14.3 Å². The van der Waals surface area contributed by atoms with Crippen LogP contribution >= 0.6 is 0 Å². The summed E-state index contributed by atoms with van der Waals surface area (Å²) in [5, 5.41) is 6.25. The third-order valence-corrected chi connectivity index (χ3v) is 5.00. The minimum Gasteiger partial charge on any atom is -0.354 e. The van der Waals surface area contributed by atoms with Gasteiger partial charge in [-0.1, -0.05) is 12.1 Å².